The standard InChI is InChI=1S/C3H6.2ClH.2H3N/c1-3-2;;;;/h3H,1H2,2H3;2*1H;2*1H3. The molecule has 7 heavy (non-hydrogen) atoms. The molecule has 0 atom stereocenters. The van der Waals surface area contributed by atoms with Gasteiger partial charge in [0.05, 0.1) is 0 Å². The first kappa shape index (κ1) is 56.2. The van der Waals surface area contributed by atoms with Crippen LogP contribution in [-0.4, -0.2) is 0 Å². The van der Waals surface area contributed by atoms with Gasteiger partial charge in [-0.05, 0) is 6.92 Å². The first-order chi connectivity index (χ1) is 1.41. The molecule has 2 nitrogen and oxygen atoms in total. The normalized spacial score (nSPS) is 1.86. The minimum absolute atomic E-state index is 0. The molecule has 0 saturated carbocycles. The number of allylic oxidation sites excluding steroid dienone is 1. The van der Waals surface area contributed by atoms with Crippen LogP contribution in [0.4, 0.5) is 0 Å². The minimum atomic E-state index is 0. The van der Waals surface area contributed by atoms with Crippen LogP contribution in [0.15, 0.2) is 12.7 Å². The van der Waals surface area contributed by atoms with Crippen LogP contribution >= 0.6 is 24.8 Å². The lowest BCUT2D eigenvalue weighted by Crippen LogP contribution is -1.07. The van der Waals surface area contributed by atoms with Crippen molar-refractivity contribution < 1.29 is 0 Å². The fraction of sp³-hybridized carbons (Fsp3) is 0.333. The second-order valence-corrected chi connectivity index (χ2v) is 0.408. The van der Waals surface area contributed by atoms with Gasteiger partial charge in [0.2, 0.25) is 0 Å². The molecule has 0 spiro atoms. The van der Waals surface area contributed by atoms with E-state index in [1.807, 2.05) is 6.92 Å². The fourth-order valence-electron chi connectivity index (χ4n) is 0. The van der Waals surface area contributed by atoms with E-state index in [1.165, 1.54) is 0 Å². The Bertz CT molecular complexity index is 18.4. The van der Waals surface area contributed by atoms with Crippen molar-refractivity contribution in [2.24, 2.45) is 0 Å². The first-order valence-electron chi connectivity index (χ1n) is 0.986. The third kappa shape index (κ3) is 1950. The lowest BCUT2D eigenvalue weighted by molar-refractivity contribution is 1.80. The van der Waals surface area contributed by atoms with Crippen LogP contribution in [0.1, 0.15) is 6.92 Å². The Balaban J connectivity index is -0.00000000333. The molecule has 0 aromatic rings. The van der Waals surface area contributed by atoms with Crippen molar-refractivity contribution in [1.29, 1.82) is 0 Å². The average molecular weight is 149 g/mol. The highest BCUT2D eigenvalue weighted by Crippen LogP contribution is 1.38. The van der Waals surface area contributed by atoms with Crippen LogP contribution in [0.5, 0.6) is 0 Å². The molecule has 0 aromatic carbocycles. The maximum atomic E-state index is 3.36. The lowest BCUT2D eigenvalue weighted by Gasteiger charge is -1.31. The van der Waals surface area contributed by atoms with E-state index in [2.05, 4.69) is 6.58 Å². The molecule has 50 valence electrons. The molecule has 4 heteroatoms. The molecule has 0 heterocycles. The van der Waals surface area contributed by atoms with Crippen molar-refractivity contribution in [3.63, 3.8) is 0 Å². The van der Waals surface area contributed by atoms with E-state index in [1.54, 1.807) is 6.08 Å². The molecule has 0 saturated heterocycles. The zero-order valence-corrected chi connectivity index (χ0v) is 6.15. The monoisotopic (exact) mass is 148 g/mol. The molecule has 0 radical (unpaired) electrons. The van der Waals surface area contributed by atoms with Crippen molar-refractivity contribution in [1.82, 2.24) is 12.3 Å². The zero-order chi connectivity index (χ0) is 2.71. The Morgan fingerprint density at radius 2 is 1.14 bits per heavy atom. The highest BCUT2D eigenvalue weighted by Gasteiger charge is 1.15. The smallest absolute Gasteiger partial charge is 0.0473 e. The molecular formula is C3H14Cl2N2. The molecule has 0 unspecified atom stereocenters. The SMILES string of the molecule is C=CC.Cl.Cl.N.N. The van der Waals surface area contributed by atoms with Crippen LogP contribution in [-0.2, 0) is 0 Å². The summed E-state index contributed by atoms with van der Waals surface area (Å²) in [6.07, 6.45) is 1.75. The van der Waals surface area contributed by atoms with E-state index >= 15 is 0 Å². The van der Waals surface area contributed by atoms with Gasteiger partial charge in [-0.25, -0.2) is 0 Å². The maximum Gasteiger partial charge on any atom is -0.0473 e. The van der Waals surface area contributed by atoms with Gasteiger partial charge in [-0.15, -0.1) is 31.4 Å². The van der Waals surface area contributed by atoms with Gasteiger partial charge in [0.15, 0.2) is 0 Å². The van der Waals surface area contributed by atoms with Crippen LogP contribution in [0.3, 0.4) is 0 Å². The summed E-state index contributed by atoms with van der Waals surface area (Å²) in [5.41, 5.74) is 0. The largest absolute Gasteiger partial charge is 0.344 e. The summed E-state index contributed by atoms with van der Waals surface area (Å²) < 4.78 is 0. The fourth-order valence-corrected chi connectivity index (χ4v) is 0. The van der Waals surface area contributed by atoms with Crippen LogP contribution in [0, 0.1) is 0 Å². The molecule has 0 aliphatic rings. The van der Waals surface area contributed by atoms with E-state index in [4.69, 9.17) is 0 Å². The second-order valence-electron chi connectivity index (χ2n) is 0.408. The van der Waals surface area contributed by atoms with Crippen molar-refractivity contribution >= 4 is 24.8 Å². The summed E-state index contributed by atoms with van der Waals surface area (Å²) >= 11 is 0. The predicted octanol–water partition coefficient (Wildman–Crippen LogP) is 2.36. The molecular weight excluding hydrogens is 135 g/mol. The Kier molecular flexibility index (Phi) is 894. The van der Waals surface area contributed by atoms with Gasteiger partial charge in [0, 0.05) is 0 Å². The summed E-state index contributed by atoms with van der Waals surface area (Å²) in [7, 11) is 0. The van der Waals surface area contributed by atoms with E-state index in [0.717, 1.165) is 0 Å². The van der Waals surface area contributed by atoms with Crippen LogP contribution in [0.25, 0.3) is 0 Å². The summed E-state index contributed by atoms with van der Waals surface area (Å²) in [6, 6.07) is 0. The van der Waals surface area contributed by atoms with Gasteiger partial charge in [-0.3, -0.25) is 0 Å². The molecule has 0 fully saturated rings. The Morgan fingerprint density at radius 3 is 1.14 bits per heavy atom. The van der Waals surface area contributed by atoms with E-state index < -0.39 is 0 Å². The Hall–Kier alpha value is 0.240. The summed E-state index contributed by atoms with van der Waals surface area (Å²) in [6.45, 7) is 5.25. The summed E-state index contributed by atoms with van der Waals surface area (Å²) in [5, 5.41) is 0. The van der Waals surface area contributed by atoms with E-state index in [9.17, 15) is 0 Å². The maximum absolute atomic E-state index is 3.36. The van der Waals surface area contributed by atoms with Crippen molar-refractivity contribution in [3.8, 4) is 0 Å². The molecule has 0 bridgehead atoms. The lowest BCUT2D eigenvalue weighted by atomic mass is 10.8. The third-order valence-corrected chi connectivity index (χ3v) is 0. The number of rotatable bonds is 0. The quantitative estimate of drug-likeness (QED) is 0.519. The molecule has 0 rings (SSSR count). The summed E-state index contributed by atoms with van der Waals surface area (Å²) in [4.78, 5) is 0. The summed E-state index contributed by atoms with van der Waals surface area (Å²) in [5.74, 6) is 0. The molecule has 0 aliphatic carbocycles. The van der Waals surface area contributed by atoms with Gasteiger partial charge < -0.3 is 12.3 Å². The van der Waals surface area contributed by atoms with E-state index in [0.29, 0.717) is 0 Å². The highest BCUT2D eigenvalue weighted by molar-refractivity contribution is 5.85. The van der Waals surface area contributed by atoms with Gasteiger partial charge >= 0.3 is 0 Å². The van der Waals surface area contributed by atoms with Gasteiger partial charge in [0.1, 0.15) is 0 Å². The third-order valence-electron chi connectivity index (χ3n) is 0. The van der Waals surface area contributed by atoms with Crippen molar-refractivity contribution in [3.05, 3.63) is 12.7 Å². The number of hydrogen-bond donors (Lipinski definition) is 2. The Labute approximate surface area is 57.4 Å². The molecule has 6 N–H and O–H groups in total. The Morgan fingerprint density at radius 1 is 1.14 bits per heavy atom. The zero-order valence-electron chi connectivity index (χ0n) is 4.52. The molecule has 0 amide bonds. The van der Waals surface area contributed by atoms with Gasteiger partial charge in [-0.2, -0.15) is 0 Å². The number of hydrogen-bond acceptors (Lipinski definition) is 2. The van der Waals surface area contributed by atoms with Crippen molar-refractivity contribution in [2.75, 3.05) is 0 Å². The van der Waals surface area contributed by atoms with Gasteiger partial charge in [0.25, 0.3) is 0 Å². The second kappa shape index (κ2) is 111. The highest BCUT2D eigenvalue weighted by atomic mass is 35.5. The van der Waals surface area contributed by atoms with Crippen molar-refractivity contribution in [2.45, 2.75) is 6.92 Å². The molecule has 0 aromatic heterocycles. The predicted molar refractivity (Wildman–Crippen MR) is 40.4 cm³/mol. The topological polar surface area (TPSA) is 70.0 Å². The van der Waals surface area contributed by atoms with Crippen LogP contribution in [0.2, 0.25) is 0 Å². The van der Waals surface area contributed by atoms with Gasteiger partial charge in [-0.1, -0.05) is 6.08 Å². The first-order valence-corrected chi connectivity index (χ1v) is 0.986. The molecule has 0 aliphatic heterocycles. The minimum Gasteiger partial charge on any atom is -0.344 e. The van der Waals surface area contributed by atoms with Crippen LogP contribution < -0.4 is 12.3 Å². The number of halogens is 2. The average Bonchev–Trinajstić information content (AvgIpc) is 0.918. The van der Waals surface area contributed by atoms with E-state index in [-0.39, 0.29) is 37.1 Å².